The fourth-order valence-corrected chi connectivity index (χ4v) is 3.02. The van der Waals surface area contributed by atoms with Crippen LogP contribution in [-0.2, 0) is 0 Å². The summed E-state index contributed by atoms with van der Waals surface area (Å²) in [4.78, 5) is 0. The standard InChI is InChI=1S/C18H25NS/c1-13(2)14(11-19-18(3,4)5)10-15-12-20-17-9-7-6-8-16(15)17/h6-10,12-13,19H,11H2,1-5H3. The Labute approximate surface area is 126 Å². The lowest BCUT2D eigenvalue weighted by Crippen LogP contribution is -2.37. The lowest BCUT2D eigenvalue weighted by atomic mass is 9.98. The van der Waals surface area contributed by atoms with Gasteiger partial charge in [0.25, 0.3) is 0 Å². The summed E-state index contributed by atoms with van der Waals surface area (Å²) >= 11 is 1.83. The molecule has 1 aromatic carbocycles. The largest absolute Gasteiger partial charge is 0.308 e. The van der Waals surface area contributed by atoms with Crippen molar-refractivity contribution in [2.24, 2.45) is 5.92 Å². The van der Waals surface area contributed by atoms with Crippen LogP contribution >= 0.6 is 11.3 Å². The molecule has 0 saturated heterocycles. The fraction of sp³-hybridized carbons (Fsp3) is 0.444. The van der Waals surface area contributed by atoms with Crippen LogP contribution in [0, 0.1) is 5.92 Å². The van der Waals surface area contributed by atoms with E-state index in [4.69, 9.17) is 0 Å². The normalized spacial score (nSPS) is 13.4. The Balaban J connectivity index is 2.29. The number of benzene rings is 1. The predicted molar refractivity (Wildman–Crippen MR) is 92.4 cm³/mol. The zero-order valence-electron chi connectivity index (χ0n) is 13.2. The van der Waals surface area contributed by atoms with Crippen molar-refractivity contribution in [3.63, 3.8) is 0 Å². The van der Waals surface area contributed by atoms with Gasteiger partial charge >= 0.3 is 0 Å². The van der Waals surface area contributed by atoms with Crippen molar-refractivity contribution in [2.75, 3.05) is 6.54 Å². The number of thiophene rings is 1. The monoisotopic (exact) mass is 287 g/mol. The SMILES string of the molecule is CC(C)C(=Cc1csc2ccccc12)CNC(C)(C)C. The minimum absolute atomic E-state index is 0.157. The first-order valence-electron chi connectivity index (χ1n) is 7.28. The van der Waals surface area contributed by atoms with Crippen LogP contribution in [0.2, 0.25) is 0 Å². The van der Waals surface area contributed by atoms with Crippen molar-refractivity contribution in [2.45, 2.75) is 40.2 Å². The number of hydrogen-bond acceptors (Lipinski definition) is 2. The average Bonchev–Trinajstić information content (AvgIpc) is 2.76. The average molecular weight is 287 g/mol. The van der Waals surface area contributed by atoms with Crippen LogP contribution in [0.3, 0.4) is 0 Å². The Morgan fingerprint density at radius 2 is 1.95 bits per heavy atom. The van der Waals surface area contributed by atoms with Gasteiger partial charge in [-0.25, -0.2) is 0 Å². The molecule has 0 atom stereocenters. The summed E-state index contributed by atoms with van der Waals surface area (Å²) in [5, 5.41) is 7.23. The van der Waals surface area contributed by atoms with Gasteiger partial charge in [-0.15, -0.1) is 11.3 Å². The van der Waals surface area contributed by atoms with E-state index in [0.717, 1.165) is 6.54 Å². The second kappa shape index (κ2) is 6.11. The minimum Gasteiger partial charge on any atom is -0.308 e. The van der Waals surface area contributed by atoms with Crippen molar-refractivity contribution in [3.8, 4) is 0 Å². The van der Waals surface area contributed by atoms with Gasteiger partial charge in [-0.1, -0.05) is 43.7 Å². The molecule has 1 nitrogen and oxygen atoms in total. The highest BCUT2D eigenvalue weighted by atomic mass is 32.1. The molecular formula is C18H25NS. The summed E-state index contributed by atoms with van der Waals surface area (Å²) in [7, 11) is 0. The molecule has 1 heterocycles. The molecule has 0 aliphatic heterocycles. The summed E-state index contributed by atoms with van der Waals surface area (Å²) in [6, 6.07) is 8.64. The summed E-state index contributed by atoms with van der Waals surface area (Å²) in [6.45, 7) is 12.1. The lowest BCUT2D eigenvalue weighted by Gasteiger charge is -2.23. The second-order valence-electron chi connectivity index (χ2n) is 6.66. The van der Waals surface area contributed by atoms with Gasteiger partial charge in [-0.2, -0.15) is 0 Å². The molecule has 1 aromatic heterocycles. The van der Waals surface area contributed by atoms with Gasteiger partial charge in [0, 0.05) is 16.8 Å². The van der Waals surface area contributed by atoms with Crippen molar-refractivity contribution < 1.29 is 0 Å². The summed E-state index contributed by atoms with van der Waals surface area (Å²) in [5.41, 5.74) is 2.97. The second-order valence-corrected chi connectivity index (χ2v) is 7.58. The molecule has 20 heavy (non-hydrogen) atoms. The number of fused-ring (bicyclic) bond motifs is 1. The quantitative estimate of drug-likeness (QED) is 0.801. The van der Waals surface area contributed by atoms with Gasteiger partial charge in [-0.3, -0.25) is 0 Å². The molecule has 2 heteroatoms. The molecule has 0 saturated carbocycles. The van der Waals surface area contributed by atoms with E-state index in [1.165, 1.54) is 21.2 Å². The molecule has 1 N–H and O–H groups in total. The molecule has 2 aromatic rings. The van der Waals surface area contributed by atoms with Crippen molar-refractivity contribution in [1.29, 1.82) is 0 Å². The smallest absolute Gasteiger partial charge is 0.0348 e. The van der Waals surface area contributed by atoms with Crippen molar-refractivity contribution >= 4 is 27.5 Å². The first-order valence-corrected chi connectivity index (χ1v) is 8.16. The number of nitrogens with one attached hydrogen (secondary N) is 1. The molecule has 0 amide bonds. The highest BCUT2D eigenvalue weighted by Gasteiger charge is 2.12. The number of hydrogen-bond donors (Lipinski definition) is 1. The van der Waals surface area contributed by atoms with E-state index in [2.05, 4.69) is 75.7 Å². The van der Waals surface area contributed by atoms with E-state index in [1.807, 2.05) is 11.3 Å². The molecule has 0 spiro atoms. The molecule has 108 valence electrons. The van der Waals surface area contributed by atoms with Crippen LogP contribution in [0.5, 0.6) is 0 Å². The molecule has 0 aliphatic carbocycles. The minimum atomic E-state index is 0.157. The zero-order chi connectivity index (χ0) is 14.8. The van der Waals surface area contributed by atoms with E-state index < -0.39 is 0 Å². The van der Waals surface area contributed by atoms with E-state index in [-0.39, 0.29) is 5.54 Å². The van der Waals surface area contributed by atoms with Crippen LogP contribution in [0.25, 0.3) is 16.2 Å². The summed E-state index contributed by atoms with van der Waals surface area (Å²) in [6.07, 6.45) is 2.36. The summed E-state index contributed by atoms with van der Waals surface area (Å²) < 4.78 is 1.37. The van der Waals surface area contributed by atoms with Gasteiger partial charge in [0.05, 0.1) is 0 Å². The first-order chi connectivity index (χ1) is 9.37. The maximum absolute atomic E-state index is 3.60. The topological polar surface area (TPSA) is 12.0 Å². The Bertz CT molecular complexity index is 599. The maximum atomic E-state index is 3.60. The van der Waals surface area contributed by atoms with Crippen molar-refractivity contribution in [3.05, 3.63) is 40.8 Å². The van der Waals surface area contributed by atoms with E-state index in [9.17, 15) is 0 Å². The molecule has 0 unspecified atom stereocenters. The highest BCUT2D eigenvalue weighted by Crippen LogP contribution is 2.28. The lowest BCUT2D eigenvalue weighted by molar-refractivity contribution is 0.437. The molecule has 0 aliphatic rings. The maximum Gasteiger partial charge on any atom is 0.0348 e. The van der Waals surface area contributed by atoms with Gasteiger partial charge in [0.15, 0.2) is 0 Å². The van der Waals surface area contributed by atoms with Crippen LogP contribution in [0.1, 0.15) is 40.2 Å². The number of rotatable bonds is 4. The summed E-state index contributed by atoms with van der Waals surface area (Å²) in [5.74, 6) is 0.559. The van der Waals surface area contributed by atoms with Gasteiger partial charge in [-0.05, 0) is 49.1 Å². The van der Waals surface area contributed by atoms with Crippen LogP contribution in [0.15, 0.2) is 35.2 Å². The molecule has 0 radical (unpaired) electrons. The predicted octanol–water partition coefficient (Wildman–Crippen LogP) is 5.33. The van der Waals surface area contributed by atoms with Crippen LogP contribution < -0.4 is 5.32 Å². The Hall–Kier alpha value is -1.12. The van der Waals surface area contributed by atoms with E-state index in [0.29, 0.717) is 5.92 Å². The van der Waals surface area contributed by atoms with Crippen LogP contribution in [0.4, 0.5) is 0 Å². The zero-order valence-corrected chi connectivity index (χ0v) is 14.0. The molecular weight excluding hydrogens is 262 g/mol. The molecule has 0 fully saturated rings. The van der Waals surface area contributed by atoms with Gasteiger partial charge in [0.2, 0.25) is 0 Å². The van der Waals surface area contributed by atoms with E-state index >= 15 is 0 Å². The van der Waals surface area contributed by atoms with Gasteiger partial charge in [0.1, 0.15) is 0 Å². The van der Waals surface area contributed by atoms with Crippen LogP contribution in [-0.4, -0.2) is 12.1 Å². The van der Waals surface area contributed by atoms with E-state index in [1.54, 1.807) is 0 Å². The highest BCUT2D eigenvalue weighted by molar-refractivity contribution is 7.17. The Morgan fingerprint density at radius 1 is 1.25 bits per heavy atom. The molecule has 2 rings (SSSR count). The third-order valence-electron chi connectivity index (χ3n) is 3.42. The van der Waals surface area contributed by atoms with Crippen molar-refractivity contribution in [1.82, 2.24) is 5.32 Å². The first kappa shape index (κ1) is 15.3. The molecule has 0 bridgehead atoms. The van der Waals surface area contributed by atoms with Gasteiger partial charge < -0.3 is 5.32 Å². The third kappa shape index (κ3) is 3.94. The Morgan fingerprint density at radius 3 is 2.60 bits per heavy atom. The fourth-order valence-electron chi connectivity index (χ4n) is 2.10. The Kier molecular flexibility index (Phi) is 4.66. The third-order valence-corrected chi connectivity index (χ3v) is 4.40.